The van der Waals surface area contributed by atoms with Gasteiger partial charge in [0.1, 0.15) is 5.60 Å². The van der Waals surface area contributed by atoms with Gasteiger partial charge in [-0.05, 0) is 12.1 Å². The number of halogens is 3. The molecule has 9 heteroatoms. The van der Waals surface area contributed by atoms with Crippen LogP contribution in [-0.2, 0) is 15.7 Å². The molecule has 2 aliphatic heterocycles. The zero-order valence-electron chi connectivity index (χ0n) is 14.4. The number of carbonyl (C=O) groups excluding carboxylic acids is 1. The van der Waals surface area contributed by atoms with E-state index in [-0.39, 0.29) is 25.4 Å². The van der Waals surface area contributed by atoms with Crippen LogP contribution in [0.2, 0.25) is 0 Å². The number of amides is 1. The van der Waals surface area contributed by atoms with Crippen molar-refractivity contribution in [2.45, 2.75) is 18.2 Å². The van der Waals surface area contributed by atoms with E-state index in [0.29, 0.717) is 19.6 Å². The SMILES string of the molecule is O=C(c1cnn(-c2ccccc2)c1C(F)(F)F)N1CCOC2(CCOC2)C1. The highest BCUT2D eigenvalue weighted by atomic mass is 19.4. The summed E-state index contributed by atoms with van der Waals surface area (Å²) in [5, 5.41) is 3.85. The molecule has 0 N–H and O–H groups in total. The molecule has 144 valence electrons. The molecular weight excluding hydrogens is 363 g/mol. The first kappa shape index (κ1) is 18.0. The monoisotopic (exact) mass is 381 g/mol. The van der Waals surface area contributed by atoms with Gasteiger partial charge in [0.05, 0.1) is 37.2 Å². The van der Waals surface area contributed by atoms with E-state index in [1.807, 2.05) is 0 Å². The number of benzene rings is 1. The van der Waals surface area contributed by atoms with Crippen molar-refractivity contribution in [2.24, 2.45) is 0 Å². The van der Waals surface area contributed by atoms with Gasteiger partial charge in [-0.25, -0.2) is 4.68 Å². The van der Waals surface area contributed by atoms with E-state index < -0.39 is 28.9 Å². The minimum absolute atomic E-state index is 0.208. The van der Waals surface area contributed by atoms with Crippen molar-refractivity contribution >= 4 is 5.91 Å². The maximum Gasteiger partial charge on any atom is 0.434 e. The molecule has 0 saturated carbocycles. The molecule has 0 radical (unpaired) electrons. The van der Waals surface area contributed by atoms with Gasteiger partial charge in [-0.2, -0.15) is 18.3 Å². The molecule has 2 aliphatic rings. The molecule has 4 rings (SSSR count). The van der Waals surface area contributed by atoms with Crippen LogP contribution >= 0.6 is 0 Å². The van der Waals surface area contributed by atoms with E-state index >= 15 is 0 Å². The number of rotatable bonds is 2. The van der Waals surface area contributed by atoms with Crippen LogP contribution < -0.4 is 0 Å². The molecule has 27 heavy (non-hydrogen) atoms. The smallest absolute Gasteiger partial charge is 0.378 e. The predicted molar refractivity (Wildman–Crippen MR) is 88.6 cm³/mol. The van der Waals surface area contributed by atoms with Gasteiger partial charge in [-0.15, -0.1) is 0 Å². The summed E-state index contributed by atoms with van der Waals surface area (Å²) in [5.74, 6) is -0.695. The Labute approximate surface area is 153 Å². The van der Waals surface area contributed by atoms with Crippen molar-refractivity contribution in [2.75, 3.05) is 32.9 Å². The molecule has 1 amide bonds. The van der Waals surface area contributed by atoms with Gasteiger partial charge in [-0.3, -0.25) is 4.79 Å². The van der Waals surface area contributed by atoms with Crippen LogP contribution in [0, 0.1) is 0 Å². The number of alkyl halides is 3. The first-order chi connectivity index (χ1) is 12.9. The van der Waals surface area contributed by atoms with Gasteiger partial charge < -0.3 is 14.4 Å². The van der Waals surface area contributed by atoms with Gasteiger partial charge >= 0.3 is 6.18 Å². The number of nitrogens with zero attached hydrogens (tertiary/aromatic N) is 3. The van der Waals surface area contributed by atoms with Gasteiger partial charge in [-0.1, -0.05) is 18.2 Å². The van der Waals surface area contributed by atoms with Crippen molar-refractivity contribution in [3.05, 3.63) is 47.8 Å². The largest absolute Gasteiger partial charge is 0.434 e. The Morgan fingerprint density at radius 3 is 2.63 bits per heavy atom. The van der Waals surface area contributed by atoms with E-state index in [9.17, 15) is 18.0 Å². The Bertz CT molecular complexity index is 829. The number of aromatic nitrogens is 2. The second kappa shape index (κ2) is 6.65. The quantitative estimate of drug-likeness (QED) is 0.802. The van der Waals surface area contributed by atoms with E-state index in [4.69, 9.17) is 9.47 Å². The molecular formula is C18H18F3N3O3. The minimum atomic E-state index is -4.72. The predicted octanol–water partition coefficient (Wildman–Crippen LogP) is 2.52. The van der Waals surface area contributed by atoms with Crippen LogP contribution in [0.4, 0.5) is 13.2 Å². The highest BCUT2D eigenvalue weighted by molar-refractivity contribution is 5.95. The maximum atomic E-state index is 13.8. The summed E-state index contributed by atoms with van der Waals surface area (Å²) in [5.41, 5.74) is -1.90. The summed E-state index contributed by atoms with van der Waals surface area (Å²) in [6.07, 6.45) is -3.12. The summed E-state index contributed by atoms with van der Waals surface area (Å²) in [7, 11) is 0. The molecule has 6 nitrogen and oxygen atoms in total. The number of hydrogen-bond donors (Lipinski definition) is 0. The zero-order valence-corrected chi connectivity index (χ0v) is 14.4. The standard InChI is InChI=1S/C18H18F3N3O3/c19-18(20,21)15-14(10-22-24(15)13-4-2-1-3-5-13)16(25)23-7-9-27-17(11-23)6-8-26-12-17/h1-5,10H,6-9,11-12H2. The number of morpholine rings is 1. The average molecular weight is 381 g/mol. The fourth-order valence-electron chi connectivity index (χ4n) is 3.56. The molecule has 1 unspecified atom stereocenters. The fourth-order valence-corrected chi connectivity index (χ4v) is 3.56. The molecule has 1 spiro atoms. The lowest BCUT2D eigenvalue weighted by Crippen LogP contribution is -2.54. The Balaban J connectivity index is 1.69. The van der Waals surface area contributed by atoms with E-state index in [1.165, 1.54) is 17.0 Å². The summed E-state index contributed by atoms with van der Waals surface area (Å²) >= 11 is 0. The summed E-state index contributed by atoms with van der Waals surface area (Å²) < 4.78 is 53.2. The molecule has 2 aromatic rings. The number of ether oxygens (including phenoxy) is 2. The third-order valence-electron chi connectivity index (χ3n) is 4.87. The Morgan fingerprint density at radius 1 is 1.19 bits per heavy atom. The Hall–Kier alpha value is -2.39. The third kappa shape index (κ3) is 3.32. The molecule has 0 aliphatic carbocycles. The van der Waals surface area contributed by atoms with E-state index in [2.05, 4.69) is 5.10 Å². The summed E-state index contributed by atoms with van der Waals surface area (Å²) in [6.45, 7) is 1.56. The van der Waals surface area contributed by atoms with Crippen molar-refractivity contribution in [1.82, 2.24) is 14.7 Å². The lowest BCUT2D eigenvalue weighted by Gasteiger charge is -2.39. The van der Waals surface area contributed by atoms with Crippen LogP contribution in [-0.4, -0.2) is 59.1 Å². The molecule has 0 bridgehead atoms. The molecule has 2 saturated heterocycles. The third-order valence-corrected chi connectivity index (χ3v) is 4.87. The van der Waals surface area contributed by atoms with Crippen molar-refractivity contribution in [3.8, 4) is 5.69 Å². The lowest BCUT2D eigenvalue weighted by atomic mass is 10.00. The van der Waals surface area contributed by atoms with Crippen molar-refractivity contribution in [1.29, 1.82) is 0 Å². The summed E-state index contributed by atoms with van der Waals surface area (Å²) in [6, 6.07) is 7.95. The fraction of sp³-hybridized carbons (Fsp3) is 0.444. The minimum Gasteiger partial charge on any atom is -0.378 e. The van der Waals surface area contributed by atoms with Crippen LogP contribution in [0.25, 0.3) is 5.69 Å². The second-order valence-electron chi connectivity index (χ2n) is 6.71. The van der Waals surface area contributed by atoms with Gasteiger partial charge in [0.2, 0.25) is 0 Å². The van der Waals surface area contributed by atoms with Crippen LogP contribution in [0.1, 0.15) is 22.5 Å². The number of hydrogen-bond acceptors (Lipinski definition) is 4. The highest BCUT2D eigenvalue weighted by Gasteiger charge is 2.45. The molecule has 1 atom stereocenters. The van der Waals surface area contributed by atoms with Crippen LogP contribution in [0.15, 0.2) is 36.5 Å². The first-order valence-electron chi connectivity index (χ1n) is 8.61. The molecule has 2 fully saturated rings. The number of para-hydroxylation sites is 1. The highest BCUT2D eigenvalue weighted by Crippen LogP contribution is 2.35. The normalized spacial score (nSPS) is 23.1. The van der Waals surface area contributed by atoms with E-state index in [1.54, 1.807) is 18.2 Å². The molecule has 1 aromatic heterocycles. The van der Waals surface area contributed by atoms with E-state index in [0.717, 1.165) is 10.9 Å². The first-order valence-corrected chi connectivity index (χ1v) is 8.61. The van der Waals surface area contributed by atoms with Crippen molar-refractivity contribution in [3.63, 3.8) is 0 Å². The van der Waals surface area contributed by atoms with Crippen LogP contribution in [0.5, 0.6) is 0 Å². The molecule has 3 heterocycles. The maximum absolute atomic E-state index is 13.8. The van der Waals surface area contributed by atoms with Crippen LogP contribution in [0.3, 0.4) is 0 Å². The summed E-state index contributed by atoms with van der Waals surface area (Å²) in [4.78, 5) is 14.3. The second-order valence-corrected chi connectivity index (χ2v) is 6.71. The Morgan fingerprint density at radius 2 is 1.96 bits per heavy atom. The molecule has 1 aromatic carbocycles. The van der Waals surface area contributed by atoms with Gasteiger partial charge in [0.15, 0.2) is 5.69 Å². The topological polar surface area (TPSA) is 56.6 Å². The zero-order chi connectivity index (χ0) is 19.1. The lowest BCUT2D eigenvalue weighted by molar-refractivity contribution is -0.143. The Kier molecular flexibility index (Phi) is 4.43. The van der Waals surface area contributed by atoms with Gasteiger partial charge in [0, 0.05) is 19.6 Å². The van der Waals surface area contributed by atoms with Crippen molar-refractivity contribution < 1.29 is 27.4 Å². The number of carbonyl (C=O) groups is 1. The average Bonchev–Trinajstić information content (AvgIpc) is 3.29. The van der Waals surface area contributed by atoms with Gasteiger partial charge in [0.25, 0.3) is 5.91 Å².